The Kier molecular flexibility index (Phi) is 8.68. The second-order valence-electron chi connectivity index (χ2n) is 4.27. The molecule has 10 heteroatoms. The van der Waals surface area contributed by atoms with Crippen molar-refractivity contribution in [3.8, 4) is 0 Å². The number of hydrogen-bond donors (Lipinski definition) is 4. The molecule has 0 aliphatic rings. The number of aliphatic carboxylic acids is 1. The third-order valence-corrected chi connectivity index (χ3v) is 2.74. The summed E-state index contributed by atoms with van der Waals surface area (Å²) in [5.74, 6) is -1.77. The average Bonchev–Trinajstić information content (AvgIpc) is 2.91. The predicted molar refractivity (Wildman–Crippen MR) is 86.0 cm³/mol. The molecule has 1 amide bonds. The van der Waals surface area contributed by atoms with Gasteiger partial charge in [0.25, 0.3) is 0 Å². The summed E-state index contributed by atoms with van der Waals surface area (Å²) in [4.78, 5) is 24.9. The predicted octanol–water partition coefficient (Wildman–Crippen LogP) is 1.80. The number of rotatable bonds is 5. The van der Waals surface area contributed by atoms with E-state index in [4.69, 9.17) is 10.8 Å². The number of carboxylic acids is 1. The summed E-state index contributed by atoms with van der Waals surface area (Å²) in [6.07, 6.45) is 2.94. The van der Waals surface area contributed by atoms with E-state index < -0.39 is 17.9 Å². The number of nitrogens with one attached hydrogen (secondary N) is 2. The number of H-pyrrole nitrogens is 1. The number of carboxylic acid groups (broad SMARTS) is 1. The molecule has 1 atom stereocenters. The van der Waals surface area contributed by atoms with Gasteiger partial charge in [-0.1, -0.05) is 18.2 Å². The van der Waals surface area contributed by atoms with Gasteiger partial charge < -0.3 is 15.8 Å². The number of amides is 1. The van der Waals surface area contributed by atoms with Gasteiger partial charge in [0, 0.05) is 22.7 Å². The van der Waals surface area contributed by atoms with E-state index in [1.54, 1.807) is 6.20 Å². The van der Waals surface area contributed by atoms with E-state index in [0.29, 0.717) is 0 Å². The number of hydrazone groups is 1. The van der Waals surface area contributed by atoms with Crippen molar-refractivity contribution in [1.29, 1.82) is 0 Å². The molecule has 129 valence electrons. The first-order chi connectivity index (χ1) is 11.0. The van der Waals surface area contributed by atoms with Crippen molar-refractivity contribution in [1.82, 2.24) is 10.4 Å². The molecule has 1 unspecified atom stereocenters. The maximum absolute atomic E-state index is 11.4. The maximum atomic E-state index is 11.4. The number of hydrogen-bond acceptors (Lipinski definition) is 4. The topological polar surface area (TPSA) is 121 Å². The van der Waals surface area contributed by atoms with Crippen LogP contribution >= 0.6 is 20.2 Å². The van der Waals surface area contributed by atoms with Crippen LogP contribution in [0.1, 0.15) is 12.0 Å². The van der Waals surface area contributed by atoms with Gasteiger partial charge in [0.05, 0.1) is 12.6 Å². The van der Waals surface area contributed by atoms with Gasteiger partial charge in [0.1, 0.15) is 6.04 Å². The van der Waals surface area contributed by atoms with Gasteiger partial charge in [-0.25, -0.2) is 5.43 Å². The van der Waals surface area contributed by atoms with Gasteiger partial charge in [0.2, 0.25) is 5.91 Å². The fourth-order valence-electron chi connectivity index (χ4n) is 1.71. The molecule has 7 nitrogen and oxygen atoms in total. The summed E-state index contributed by atoms with van der Waals surface area (Å²) >= 11 is 0.757. The third-order valence-electron chi connectivity index (χ3n) is 2.74. The van der Waals surface area contributed by atoms with Crippen molar-refractivity contribution in [2.24, 2.45) is 10.8 Å². The first-order valence-electron chi connectivity index (χ1n) is 6.17. The van der Waals surface area contributed by atoms with Crippen molar-refractivity contribution in [2.75, 3.05) is 0 Å². The van der Waals surface area contributed by atoms with Crippen molar-refractivity contribution in [2.45, 2.75) is 12.5 Å². The van der Waals surface area contributed by atoms with Gasteiger partial charge in [0.15, 0.2) is 0 Å². The Morgan fingerprint density at radius 1 is 1.43 bits per heavy atom. The number of aromatic amines is 1. The number of nitrogens with two attached hydrogens (primary N) is 1. The molecule has 0 radical (unpaired) electrons. The Morgan fingerprint density at radius 3 is 2.74 bits per heavy atom. The fourth-order valence-corrected chi connectivity index (χ4v) is 1.71. The molecular weight excluding hydrogens is 395 g/mol. The molecule has 23 heavy (non-hydrogen) atoms. The zero-order valence-electron chi connectivity index (χ0n) is 11.6. The number of carbonyl (C=O) groups is 2. The van der Waals surface area contributed by atoms with Gasteiger partial charge in [-0.05, 0) is 6.07 Å². The van der Waals surface area contributed by atoms with Crippen LogP contribution in [0.25, 0.3) is 10.9 Å². The van der Waals surface area contributed by atoms with Gasteiger partial charge in [-0.3, -0.25) is 9.59 Å². The Bertz CT molecular complexity index is 693. The van der Waals surface area contributed by atoms with Crippen LogP contribution in [0.5, 0.6) is 0 Å². The molecular formula is C13H14Cl2CuN4O3. The van der Waals surface area contributed by atoms with Crippen LogP contribution in [0, 0.1) is 0 Å². The van der Waals surface area contributed by atoms with E-state index >= 15 is 0 Å². The number of benzene rings is 1. The van der Waals surface area contributed by atoms with Gasteiger partial charge in [-0.2, -0.15) is 5.10 Å². The fraction of sp³-hybridized carbons (Fsp3) is 0.154. The number of aromatic nitrogens is 1. The van der Waals surface area contributed by atoms with E-state index in [1.807, 2.05) is 24.3 Å². The van der Waals surface area contributed by atoms with Crippen LogP contribution in [0.3, 0.4) is 0 Å². The van der Waals surface area contributed by atoms with Crippen LogP contribution in [0.2, 0.25) is 0 Å². The zero-order chi connectivity index (χ0) is 17.2. The number of nitrogens with zero attached hydrogens (tertiary/aromatic N) is 1. The Balaban J connectivity index is 0.000000816. The van der Waals surface area contributed by atoms with E-state index in [9.17, 15) is 9.59 Å². The molecule has 2 aromatic rings. The minimum absolute atomic E-state index is 0.319. The molecule has 0 fully saturated rings. The summed E-state index contributed by atoms with van der Waals surface area (Å²) in [7, 11) is 9.34. The normalized spacial score (nSPS) is 12.0. The standard InChI is InChI=1S/C13H14N4O3.2ClH.Cu/c14-10(13(19)20)5-12(18)17-16-7-8-6-15-11-4-2-1-3-9(8)11;;;/h1-4,6-7,10,15H,5,14H2,(H,17,18)(H,19,20);2*1H;/q;;;+2/p-2/b16-7-;;;. The Labute approximate surface area is 146 Å². The van der Waals surface area contributed by atoms with Crippen LogP contribution in [-0.4, -0.2) is 34.2 Å². The van der Waals surface area contributed by atoms with Gasteiger partial charge >= 0.3 is 39.3 Å². The molecule has 0 bridgehead atoms. The molecule has 0 saturated heterocycles. The summed E-state index contributed by atoms with van der Waals surface area (Å²) < 4.78 is 0. The Hall–Kier alpha value is -1.57. The summed E-state index contributed by atoms with van der Waals surface area (Å²) in [6, 6.07) is 6.44. The van der Waals surface area contributed by atoms with Crippen molar-refractivity contribution < 1.29 is 27.8 Å². The van der Waals surface area contributed by atoms with Crippen LogP contribution in [-0.2, 0) is 22.7 Å². The summed E-state index contributed by atoms with van der Waals surface area (Å²) in [5.41, 5.74) is 9.27. The van der Waals surface area contributed by atoms with Crippen molar-refractivity contribution in [3.63, 3.8) is 0 Å². The number of halogens is 2. The molecule has 0 aliphatic carbocycles. The van der Waals surface area contributed by atoms with Crippen LogP contribution in [0.4, 0.5) is 0 Å². The molecule has 0 aliphatic heterocycles. The molecule has 2 rings (SSSR count). The van der Waals surface area contributed by atoms with Gasteiger partial charge in [-0.15, -0.1) is 0 Å². The molecule has 0 spiro atoms. The number of fused-ring (bicyclic) bond motifs is 1. The first kappa shape index (κ1) is 19.5. The Morgan fingerprint density at radius 2 is 2.09 bits per heavy atom. The summed E-state index contributed by atoms with van der Waals surface area (Å²) in [5, 5.41) is 13.3. The second-order valence-corrected chi connectivity index (χ2v) is 5.83. The number of para-hydroxylation sites is 1. The van der Waals surface area contributed by atoms with E-state index in [-0.39, 0.29) is 6.42 Å². The monoisotopic (exact) mass is 407 g/mol. The summed E-state index contributed by atoms with van der Waals surface area (Å²) in [6.45, 7) is 0. The van der Waals surface area contributed by atoms with E-state index in [1.165, 1.54) is 6.21 Å². The minimum atomic E-state index is -1.22. The molecule has 1 heterocycles. The van der Waals surface area contributed by atoms with Crippen molar-refractivity contribution in [3.05, 3.63) is 36.0 Å². The molecule has 0 saturated carbocycles. The average molecular weight is 409 g/mol. The van der Waals surface area contributed by atoms with E-state index in [0.717, 1.165) is 29.6 Å². The first-order valence-corrected chi connectivity index (χ1v) is 8.76. The van der Waals surface area contributed by atoms with E-state index in [2.05, 4.69) is 35.7 Å². The van der Waals surface area contributed by atoms with Crippen molar-refractivity contribution >= 4 is 49.2 Å². The van der Waals surface area contributed by atoms with Crippen LogP contribution in [0.15, 0.2) is 35.6 Å². The zero-order valence-corrected chi connectivity index (χ0v) is 14.0. The quantitative estimate of drug-likeness (QED) is 0.342. The third kappa shape index (κ3) is 6.60. The molecule has 1 aromatic heterocycles. The molecule has 5 N–H and O–H groups in total. The second kappa shape index (κ2) is 10.3. The number of carbonyl (C=O) groups excluding carboxylic acids is 1. The van der Waals surface area contributed by atoms with Crippen LogP contribution < -0.4 is 11.2 Å². The SMILES string of the molecule is NC(CC(=O)N/N=C\c1c[nH]c2ccccc12)C(=O)O.[Cl][Cu][Cl]. The molecule has 1 aromatic carbocycles.